The van der Waals surface area contributed by atoms with Gasteiger partial charge >= 0.3 is 5.97 Å². The molecule has 0 aliphatic heterocycles. The zero-order valence-corrected chi connectivity index (χ0v) is 16.8. The number of hydrogen-bond donors (Lipinski definition) is 0. The standard InChI is InChI=1S/C19H20N2O3S2/c1-5-21-17(22)15-11(2)12(3)26-16(15)20-19(21)25-10-13-6-8-14(9-7-13)18(23)24-4/h6-9H,5,10H2,1-4H3. The zero-order valence-electron chi connectivity index (χ0n) is 15.2. The number of aryl methyl sites for hydroxylation is 2. The molecule has 0 aliphatic rings. The van der Waals surface area contributed by atoms with Gasteiger partial charge in [0.05, 0.1) is 18.1 Å². The van der Waals surface area contributed by atoms with Gasteiger partial charge in [-0.15, -0.1) is 11.3 Å². The van der Waals surface area contributed by atoms with E-state index in [1.165, 1.54) is 18.9 Å². The molecular weight excluding hydrogens is 368 g/mol. The monoisotopic (exact) mass is 388 g/mol. The lowest BCUT2D eigenvalue weighted by Crippen LogP contribution is -2.22. The summed E-state index contributed by atoms with van der Waals surface area (Å²) in [6, 6.07) is 7.28. The van der Waals surface area contributed by atoms with Crippen LogP contribution in [-0.2, 0) is 17.0 Å². The molecule has 2 aromatic heterocycles. The first-order valence-corrected chi connectivity index (χ1v) is 10.1. The molecule has 0 bridgehead atoms. The SMILES string of the molecule is CCn1c(SCc2ccc(C(=O)OC)cc2)nc2sc(C)c(C)c2c1=O. The van der Waals surface area contributed by atoms with Crippen molar-refractivity contribution < 1.29 is 9.53 Å². The van der Waals surface area contributed by atoms with Crippen LogP contribution in [0.15, 0.2) is 34.2 Å². The zero-order chi connectivity index (χ0) is 18.8. The van der Waals surface area contributed by atoms with Crippen LogP contribution >= 0.6 is 23.1 Å². The molecule has 0 N–H and O–H groups in total. The first-order valence-electron chi connectivity index (χ1n) is 8.26. The van der Waals surface area contributed by atoms with Crippen LogP contribution in [0, 0.1) is 13.8 Å². The second-order valence-electron chi connectivity index (χ2n) is 5.88. The minimum absolute atomic E-state index is 0.0305. The first-order chi connectivity index (χ1) is 12.5. The minimum atomic E-state index is -0.348. The molecule has 0 unspecified atom stereocenters. The average molecular weight is 389 g/mol. The van der Waals surface area contributed by atoms with Gasteiger partial charge in [0.1, 0.15) is 4.83 Å². The Labute approximate surface area is 160 Å². The Kier molecular flexibility index (Phi) is 5.48. The molecule has 0 fully saturated rings. The molecule has 5 nitrogen and oxygen atoms in total. The molecule has 3 rings (SSSR count). The Balaban J connectivity index is 1.89. The number of fused-ring (bicyclic) bond motifs is 1. The normalized spacial score (nSPS) is 11.1. The number of aromatic nitrogens is 2. The molecule has 1 aromatic carbocycles. The lowest BCUT2D eigenvalue weighted by atomic mass is 10.1. The van der Waals surface area contributed by atoms with Gasteiger partial charge in [-0.25, -0.2) is 9.78 Å². The van der Waals surface area contributed by atoms with Crippen molar-refractivity contribution in [2.45, 2.75) is 38.2 Å². The maximum atomic E-state index is 12.8. The van der Waals surface area contributed by atoms with E-state index in [0.29, 0.717) is 17.9 Å². The highest BCUT2D eigenvalue weighted by Gasteiger charge is 2.16. The van der Waals surface area contributed by atoms with Gasteiger partial charge in [0.25, 0.3) is 5.56 Å². The summed E-state index contributed by atoms with van der Waals surface area (Å²) >= 11 is 3.10. The largest absolute Gasteiger partial charge is 0.465 e. The van der Waals surface area contributed by atoms with Crippen molar-refractivity contribution in [1.29, 1.82) is 0 Å². The summed E-state index contributed by atoms with van der Waals surface area (Å²) in [4.78, 5) is 31.0. The van der Waals surface area contributed by atoms with Gasteiger partial charge < -0.3 is 4.74 Å². The van der Waals surface area contributed by atoms with Gasteiger partial charge in [0.15, 0.2) is 5.16 Å². The van der Waals surface area contributed by atoms with Crippen LogP contribution in [0.4, 0.5) is 0 Å². The van der Waals surface area contributed by atoms with Crippen LogP contribution in [0.3, 0.4) is 0 Å². The maximum Gasteiger partial charge on any atom is 0.337 e. The number of esters is 1. The number of carbonyl (C=O) groups is 1. The maximum absolute atomic E-state index is 12.8. The number of hydrogen-bond acceptors (Lipinski definition) is 6. The van der Waals surface area contributed by atoms with E-state index in [1.54, 1.807) is 28.0 Å². The van der Waals surface area contributed by atoms with Crippen molar-refractivity contribution in [3.63, 3.8) is 0 Å². The predicted octanol–water partition coefficient (Wildman–Crippen LogP) is 4.17. The van der Waals surface area contributed by atoms with Crippen LogP contribution in [-0.4, -0.2) is 22.6 Å². The van der Waals surface area contributed by atoms with E-state index in [4.69, 9.17) is 9.72 Å². The van der Waals surface area contributed by atoms with Crippen LogP contribution in [0.1, 0.15) is 33.3 Å². The fourth-order valence-corrected chi connectivity index (χ4v) is 4.79. The van der Waals surface area contributed by atoms with Crippen molar-refractivity contribution in [1.82, 2.24) is 9.55 Å². The number of rotatable bonds is 5. The number of ether oxygens (including phenoxy) is 1. The Morgan fingerprint density at radius 3 is 2.58 bits per heavy atom. The third-order valence-corrected chi connectivity index (χ3v) is 6.46. The van der Waals surface area contributed by atoms with E-state index < -0.39 is 0 Å². The van der Waals surface area contributed by atoms with Gasteiger partial charge in [-0.1, -0.05) is 23.9 Å². The fourth-order valence-electron chi connectivity index (χ4n) is 2.70. The summed E-state index contributed by atoms with van der Waals surface area (Å²) in [5.41, 5.74) is 2.64. The van der Waals surface area contributed by atoms with Crippen LogP contribution < -0.4 is 5.56 Å². The minimum Gasteiger partial charge on any atom is -0.465 e. The predicted molar refractivity (Wildman–Crippen MR) is 106 cm³/mol. The molecule has 3 aromatic rings. The third-order valence-electron chi connectivity index (χ3n) is 4.31. The van der Waals surface area contributed by atoms with E-state index in [2.05, 4.69) is 0 Å². The second-order valence-corrected chi connectivity index (χ2v) is 8.03. The van der Waals surface area contributed by atoms with Crippen LogP contribution in [0.25, 0.3) is 10.2 Å². The number of carbonyl (C=O) groups excluding carboxylic acids is 1. The summed E-state index contributed by atoms with van der Waals surface area (Å²) in [5.74, 6) is 0.322. The molecule has 0 saturated carbocycles. The number of benzene rings is 1. The highest BCUT2D eigenvalue weighted by Crippen LogP contribution is 2.29. The Bertz CT molecular complexity index is 1020. The molecule has 0 amide bonds. The number of methoxy groups -OCH3 is 1. The molecule has 7 heteroatoms. The summed E-state index contributed by atoms with van der Waals surface area (Å²) in [7, 11) is 1.37. The number of thiophene rings is 1. The summed E-state index contributed by atoms with van der Waals surface area (Å²) in [6.45, 7) is 6.54. The van der Waals surface area contributed by atoms with Crippen LogP contribution in [0.2, 0.25) is 0 Å². The molecule has 0 atom stereocenters. The molecule has 0 spiro atoms. The van der Waals surface area contributed by atoms with Crippen molar-refractivity contribution >= 4 is 39.3 Å². The highest BCUT2D eigenvalue weighted by molar-refractivity contribution is 7.98. The fraction of sp³-hybridized carbons (Fsp3) is 0.316. The Morgan fingerprint density at radius 1 is 1.27 bits per heavy atom. The quantitative estimate of drug-likeness (QED) is 0.373. The topological polar surface area (TPSA) is 61.2 Å². The Morgan fingerprint density at radius 2 is 1.96 bits per heavy atom. The summed E-state index contributed by atoms with van der Waals surface area (Å²) < 4.78 is 6.44. The molecule has 0 aliphatic carbocycles. The third kappa shape index (κ3) is 3.41. The van der Waals surface area contributed by atoms with E-state index in [1.807, 2.05) is 32.9 Å². The lowest BCUT2D eigenvalue weighted by molar-refractivity contribution is 0.0600. The van der Waals surface area contributed by atoms with Gasteiger partial charge in [-0.05, 0) is 44.0 Å². The van der Waals surface area contributed by atoms with Gasteiger partial charge in [0, 0.05) is 17.2 Å². The van der Waals surface area contributed by atoms with Crippen LogP contribution in [0.5, 0.6) is 0 Å². The van der Waals surface area contributed by atoms with E-state index in [9.17, 15) is 9.59 Å². The van der Waals surface area contributed by atoms with E-state index in [-0.39, 0.29) is 11.5 Å². The average Bonchev–Trinajstić information content (AvgIpc) is 2.94. The second kappa shape index (κ2) is 7.63. The number of nitrogens with zero attached hydrogens (tertiary/aromatic N) is 2. The Hall–Kier alpha value is -2.12. The lowest BCUT2D eigenvalue weighted by Gasteiger charge is -2.10. The van der Waals surface area contributed by atoms with Gasteiger partial charge in [0.2, 0.25) is 0 Å². The molecule has 2 heterocycles. The summed E-state index contributed by atoms with van der Waals surface area (Å²) in [6.07, 6.45) is 0. The molecular formula is C19H20N2O3S2. The number of thioether (sulfide) groups is 1. The van der Waals surface area contributed by atoms with Gasteiger partial charge in [-0.3, -0.25) is 9.36 Å². The van der Waals surface area contributed by atoms with Crippen molar-refractivity contribution in [2.24, 2.45) is 0 Å². The highest BCUT2D eigenvalue weighted by atomic mass is 32.2. The van der Waals surface area contributed by atoms with E-state index >= 15 is 0 Å². The molecule has 136 valence electrons. The van der Waals surface area contributed by atoms with Crippen molar-refractivity contribution in [3.05, 3.63) is 56.2 Å². The summed E-state index contributed by atoms with van der Waals surface area (Å²) in [5, 5.41) is 1.46. The smallest absolute Gasteiger partial charge is 0.337 e. The van der Waals surface area contributed by atoms with Gasteiger partial charge in [-0.2, -0.15) is 0 Å². The first kappa shape index (κ1) is 18.7. The molecule has 0 radical (unpaired) electrons. The molecule has 0 saturated heterocycles. The molecule has 26 heavy (non-hydrogen) atoms. The van der Waals surface area contributed by atoms with Crippen molar-refractivity contribution in [2.75, 3.05) is 7.11 Å². The van der Waals surface area contributed by atoms with Crippen molar-refractivity contribution in [3.8, 4) is 0 Å². The van der Waals surface area contributed by atoms with E-state index in [0.717, 1.165) is 31.4 Å².